The molecule has 7 nitrogen and oxygen atoms in total. The third-order valence-corrected chi connectivity index (χ3v) is 5.96. The van der Waals surface area contributed by atoms with Crippen molar-refractivity contribution in [1.29, 1.82) is 0 Å². The summed E-state index contributed by atoms with van der Waals surface area (Å²) in [6.45, 7) is 13.1. The monoisotopic (exact) mass is 470 g/mol. The molecule has 1 aliphatic rings. The Balaban J connectivity index is 2.63. The van der Waals surface area contributed by atoms with E-state index in [1.165, 1.54) is 7.11 Å². The Kier molecular flexibility index (Phi) is 8.35. The number of nitrogens with one attached hydrogen (secondary N) is 2. The Hall–Kier alpha value is -3.09. The fraction of sp³-hybridized carbons (Fsp3) is 0.519. The first-order valence-corrected chi connectivity index (χ1v) is 11.6. The average Bonchev–Trinajstić information content (AvgIpc) is 3.08. The Morgan fingerprint density at radius 2 is 1.76 bits per heavy atom. The summed E-state index contributed by atoms with van der Waals surface area (Å²) in [6, 6.07) is 9.19. The Morgan fingerprint density at radius 1 is 1.15 bits per heavy atom. The molecule has 0 unspecified atom stereocenters. The molecule has 0 bridgehead atoms. The zero-order chi connectivity index (χ0) is 25.7. The van der Waals surface area contributed by atoms with Gasteiger partial charge in [0.2, 0.25) is 0 Å². The maximum absolute atomic E-state index is 14.0. The SMILES string of the molecule is COC(=O)[C@@](Cc1ccccc1)(NC(=O)OC(C)(C)C)C1=CN[C@](CC=C(C)C)(C(C)C)C1=O. The summed E-state index contributed by atoms with van der Waals surface area (Å²) in [7, 11) is 1.24. The summed E-state index contributed by atoms with van der Waals surface area (Å²) < 4.78 is 10.6. The fourth-order valence-electron chi connectivity index (χ4n) is 4.06. The minimum Gasteiger partial charge on any atom is -0.467 e. The Morgan fingerprint density at radius 3 is 2.26 bits per heavy atom. The molecule has 0 aromatic heterocycles. The average molecular weight is 471 g/mol. The Bertz CT molecular complexity index is 970. The topological polar surface area (TPSA) is 93.7 Å². The number of ether oxygens (including phenoxy) is 2. The van der Waals surface area contributed by atoms with Gasteiger partial charge >= 0.3 is 12.1 Å². The largest absolute Gasteiger partial charge is 0.467 e. The molecule has 2 N–H and O–H groups in total. The fourth-order valence-corrected chi connectivity index (χ4v) is 4.06. The molecular weight excluding hydrogens is 432 g/mol. The van der Waals surface area contributed by atoms with Crippen molar-refractivity contribution in [2.45, 2.75) is 78.0 Å². The van der Waals surface area contributed by atoms with E-state index in [0.29, 0.717) is 6.42 Å². The van der Waals surface area contributed by atoms with Crippen molar-refractivity contribution < 1.29 is 23.9 Å². The predicted molar refractivity (Wildman–Crippen MR) is 132 cm³/mol. The molecule has 1 aromatic rings. The van der Waals surface area contributed by atoms with E-state index in [9.17, 15) is 14.4 Å². The van der Waals surface area contributed by atoms with Gasteiger partial charge in [-0.05, 0) is 52.5 Å². The summed E-state index contributed by atoms with van der Waals surface area (Å²) in [5.74, 6) is -1.08. The molecule has 0 saturated carbocycles. The number of carbonyl (C=O) groups excluding carboxylic acids is 3. The van der Waals surface area contributed by atoms with Gasteiger partial charge in [0.1, 0.15) is 11.1 Å². The van der Waals surface area contributed by atoms with Gasteiger partial charge in [-0.25, -0.2) is 9.59 Å². The lowest BCUT2D eigenvalue weighted by Crippen LogP contribution is -2.61. The minimum absolute atomic E-state index is 0.0236. The molecule has 0 radical (unpaired) electrons. The van der Waals surface area contributed by atoms with Crippen LogP contribution in [0.5, 0.6) is 0 Å². The highest BCUT2D eigenvalue weighted by Crippen LogP contribution is 2.37. The lowest BCUT2D eigenvalue weighted by atomic mass is 9.73. The molecule has 7 heteroatoms. The number of benzene rings is 1. The zero-order valence-corrected chi connectivity index (χ0v) is 21.6. The van der Waals surface area contributed by atoms with Crippen LogP contribution >= 0.6 is 0 Å². The maximum atomic E-state index is 14.0. The summed E-state index contributed by atoms with van der Waals surface area (Å²) in [5, 5.41) is 5.98. The van der Waals surface area contributed by atoms with Crippen LogP contribution in [0.4, 0.5) is 4.79 Å². The van der Waals surface area contributed by atoms with E-state index in [1.54, 1.807) is 27.0 Å². The van der Waals surface area contributed by atoms with Crippen molar-refractivity contribution in [2.75, 3.05) is 7.11 Å². The summed E-state index contributed by atoms with van der Waals surface area (Å²) in [5.41, 5.74) is -1.54. The Labute approximate surface area is 203 Å². The molecule has 0 fully saturated rings. The predicted octanol–water partition coefficient (Wildman–Crippen LogP) is 4.47. The smallest absolute Gasteiger partial charge is 0.408 e. The summed E-state index contributed by atoms with van der Waals surface area (Å²) in [4.78, 5) is 40.4. The number of amides is 1. The van der Waals surface area contributed by atoms with Gasteiger partial charge in [0.05, 0.1) is 12.7 Å². The van der Waals surface area contributed by atoms with Crippen LogP contribution in [-0.2, 0) is 25.5 Å². The van der Waals surface area contributed by atoms with Gasteiger partial charge in [-0.1, -0.05) is 55.8 Å². The molecular formula is C27H38N2O5. The van der Waals surface area contributed by atoms with Crippen LogP contribution in [0.3, 0.4) is 0 Å². The first kappa shape index (κ1) is 27.2. The van der Waals surface area contributed by atoms with Gasteiger partial charge in [-0.3, -0.25) is 4.79 Å². The van der Waals surface area contributed by atoms with Crippen molar-refractivity contribution >= 4 is 17.8 Å². The normalized spacial score (nSPS) is 19.6. The van der Waals surface area contributed by atoms with Crippen molar-refractivity contribution in [2.24, 2.45) is 5.92 Å². The number of allylic oxidation sites excluding steroid dienone is 1. The van der Waals surface area contributed by atoms with E-state index < -0.39 is 28.7 Å². The number of ketones is 1. The number of methoxy groups -OCH3 is 1. The van der Waals surface area contributed by atoms with E-state index in [1.807, 2.05) is 64.1 Å². The van der Waals surface area contributed by atoms with Crippen molar-refractivity contribution in [3.8, 4) is 0 Å². The molecule has 2 atom stereocenters. The molecule has 34 heavy (non-hydrogen) atoms. The summed E-state index contributed by atoms with van der Waals surface area (Å²) >= 11 is 0. The van der Waals surface area contributed by atoms with Gasteiger partial charge in [0, 0.05) is 12.6 Å². The third-order valence-electron chi connectivity index (χ3n) is 5.96. The molecule has 0 aliphatic carbocycles. The quantitative estimate of drug-likeness (QED) is 0.430. The van der Waals surface area contributed by atoms with Gasteiger partial charge < -0.3 is 20.1 Å². The van der Waals surface area contributed by atoms with Crippen LogP contribution in [0.15, 0.2) is 53.8 Å². The number of carbonyl (C=O) groups is 3. The highest BCUT2D eigenvalue weighted by molar-refractivity contribution is 6.12. The molecule has 1 amide bonds. The van der Waals surface area contributed by atoms with E-state index in [4.69, 9.17) is 9.47 Å². The molecule has 1 aromatic carbocycles. The third kappa shape index (κ3) is 5.88. The molecule has 1 heterocycles. The number of esters is 1. The second-order valence-electron chi connectivity index (χ2n) is 10.3. The van der Waals surface area contributed by atoms with Crippen molar-refractivity contribution in [3.05, 3.63) is 59.3 Å². The molecule has 2 rings (SSSR count). The molecule has 0 spiro atoms. The van der Waals surface area contributed by atoms with Gasteiger partial charge in [0.25, 0.3) is 0 Å². The number of alkyl carbamates (subject to hydrolysis) is 1. The van der Waals surface area contributed by atoms with Crippen LogP contribution in [0.1, 0.15) is 60.5 Å². The number of Topliss-reactive ketones (excluding diaryl/α,β-unsaturated/α-hetero) is 1. The molecule has 1 aliphatic heterocycles. The van der Waals surface area contributed by atoms with E-state index in [0.717, 1.165) is 11.1 Å². The van der Waals surface area contributed by atoms with E-state index in [2.05, 4.69) is 10.6 Å². The van der Waals surface area contributed by atoms with E-state index in [-0.39, 0.29) is 23.7 Å². The zero-order valence-electron chi connectivity index (χ0n) is 21.6. The molecule has 186 valence electrons. The first-order valence-electron chi connectivity index (χ1n) is 11.6. The van der Waals surface area contributed by atoms with Gasteiger partial charge in [-0.15, -0.1) is 0 Å². The van der Waals surface area contributed by atoms with Crippen LogP contribution in [0.2, 0.25) is 0 Å². The van der Waals surface area contributed by atoms with Crippen LogP contribution in [0.25, 0.3) is 0 Å². The van der Waals surface area contributed by atoms with Crippen LogP contribution < -0.4 is 10.6 Å². The van der Waals surface area contributed by atoms with Crippen molar-refractivity contribution in [3.63, 3.8) is 0 Å². The highest BCUT2D eigenvalue weighted by Gasteiger charge is 2.56. The lowest BCUT2D eigenvalue weighted by Gasteiger charge is -2.36. The second-order valence-corrected chi connectivity index (χ2v) is 10.3. The molecule has 0 saturated heterocycles. The highest BCUT2D eigenvalue weighted by atomic mass is 16.6. The number of hydrogen-bond acceptors (Lipinski definition) is 6. The standard InChI is InChI=1S/C27H38N2O5/c1-18(2)14-15-26(19(3)4)22(30)21(17-28-26)27(23(31)33-8,16-20-12-10-9-11-13-20)29-24(32)34-25(5,6)7/h9-14,17,19,28H,15-16H2,1-8H3,(H,29,32)/t26-,27+/m1/s1. The van der Waals surface area contributed by atoms with Gasteiger partial charge in [-0.2, -0.15) is 0 Å². The first-order chi connectivity index (χ1) is 15.8. The van der Waals surface area contributed by atoms with Crippen LogP contribution in [0, 0.1) is 5.92 Å². The van der Waals surface area contributed by atoms with Crippen molar-refractivity contribution in [1.82, 2.24) is 10.6 Å². The summed E-state index contributed by atoms with van der Waals surface area (Å²) in [6.07, 6.45) is 3.21. The second kappa shape index (κ2) is 10.5. The van der Waals surface area contributed by atoms with Gasteiger partial charge in [0.15, 0.2) is 11.3 Å². The number of rotatable bonds is 8. The lowest BCUT2D eigenvalue weighted by molar-refractivity contribution is -0.148. The maximum Gasteiger partial charge on any atom is 0.408 e. The number of hydrogen-bond donors (Lipinski definition) is 2. The van der Waals surface area contributed by atoms with E-state index >= 15 is 0 Å². The minimum atomic E-state index is -1.77. The van der Waals surface area contributed by atoms with Crippen LogP contribution in [-0.4, -0.2) is 41.6 Å².